The number of para-hydroxylation sites is 2. The fourth-order valence-corrected chi connectivity index (χ4v) is 12.0. The number of hydrogen-bond donors (Lipinski definition) is 0. The van der Waals surface area contributed by atoms with Crippen molar-refractivity contribution in [1.82, 2.24) is 0 Å². The molecule has 290 valence electrons. The fraction of sp³-hybridized carbons (Fsp3) is 0. The van der Waals surface area contributed by atoms with Crippen LogP contribution in [-0.2, 0) is 0 Å². The Kier molecular flexibility index (Phi) is 7.99. The molecule has 0 amide bonds. The number of hydrogen-bond acceptors (Lipinski definition) is 4. The van der Waals surface area contributed by atoms with Crippen molar-refractivity contribution in [2.75, 3.05) is 9.80 Å². The minimum absolute atomic E-state index is 1.13. The zero-order chi connectivity index (χ0) is 40.7. The Morgan fingerprint density at radius 1 is 0.226 bits per heavy atom. The minimum Gasteiger partial charge on any atom is -0.310 e. The molecule has 0 atom stereocenters. The predicted molar refractivity (Wildman–Crippen MR) is 272 cm³/mol. The summed E-state index contributed by atoms with van der Waals surface area (Å²) in [6.45, 7) is 0. The zero-order valence-electron chi connectivity index (χ0n) is 33.5. The van der Waals surface area contributed by atoms with Crippen LogP contribution in [0.4, 0.5) is 34.1 Å². The van der Waals surface area contributed by atoms with E-state index in [1.165, 1.54) is 83.4 Å². The molecule has 13 rings (SSSR count). The molecule has 0 aliphatic carbocycles. The van der Waals surface area contributed by atoms with Gasteiger partial charge in [-0.15, -0.1) is 22.7 Å². The van der Waals surface area contributed by atoms with Crippen LogP contribution in [-0.4, -0.2) is 0 Å². The van der Waals surface area contributed by atoms with Crippen molar-refractivity contribution in [1.29, 1.82) is 0 Å². The van der Waals surface area contributed by atoms with Crippen LogP contribution in [0.2, 0.25) is 0 Å². The smallest absolute Gasteiger partial charge is 0.0468 e. The summed E-state index contributed by atoms with van der Waals surface area (Å²) in [5.74, 6) is 0. The van der Waals surface area contributed by atoms with Gasteiger partial charge in [0.2, 0.25) is 0 Å². The highest BCUT2D eigenvalue weighted by Gasteiger charge is 2.20. The van der Waals surface area contributed by atoms with Crippen LogP contribution in [0, 0.1) is 0 Å². The Morgan fingerprint density at radius 3 is 1.19 bits per heavy atom. The van der Waals surface area contributed by atoms with Gasteiger partial charge in [0.15, 0.2) is 0 Å². The normalized spacial score (nSPS) is 11.9. The maximum absolute atomic E-state index is 2.41. The van der Waals surface area contributed by atoms with Crippen molar-refractivity contribution in [3.05, 3.63) is 218 Å². The lowest BCUT2D eigenvalue weighted by Gasteiger charge is -2.27. The van der Waals surface area contributed by atoms with Crippen molar-refractivity contribution >= 4 is 140 Å². The maximum Gasteiger partial charge on any atom is 0.0468 e. The summed E-state index contributed by atoms with van der Waals surface area (Å²) in [5.41, 5.74) is 6.82. The second-order valence-corrected chi connectivity index (χ2v) is 18.2. The lowest BCUT2D eigenvalue weighted by Crippen LogP contribution is -2.09. The molecule has 0 radical (unpaired) electrons. The SMILES string of the molecule is c1ccc(N(c2ccc3c(ccc4c5ccc(N(c6ccccc6)c6ccc7sc8ccccc8c7c6)cc5c5ccccc5c34)c2)c2ccc3sc4ccccc4c3c2)cc1. The van der Waals surface area contributed by atoms with E-state index in [9.17, 15) is 0 Å². The summed E-state index contributed by atoms with van der Waals surface area (Å²) in [7, 11) is 0. The van der Waals surface area contributed by atoms with Gasteiger partial charge in [0.25, 0.3) is 0 Å². The molecule has 0 spiro atoms. The molecule has 0 fully saturated rings. The number of rotatable bonds is 6. The van der Waals surface area contributed by atoms with Gasteiger partial charge in [-0.2, -0.15) is 0 Å². The van der Waals surface area contributed by atoms with E-state index < -0.39 is 0 Å². The van der Waals surface area contributed by atoms with Gasteiger partial charge in [-0.05, 0) is 140 Å². The molecule has 13 aromatic rings. The molecule has 4 heteroatoms. The largest absolute Gasteiger partial charge is 0.310 e. The Labute approximate surface area is 366 Å². The number of thiophene rings is 2. The third-order valence-electron chi connectivity index (χ3n) is 12.6. The van der Waals surface area contributed by atoms with E-state index in [-0.39, 0.29) is 0 Å². The van der Waals surface area contributed by atoms with E-state index >= 15 is 0 Å². The van der Waals surface area contributed by atoms with Crippen molar-refractivity contribution in [3.8, 4) is 0 Å². The van der Waals surface area contributed by atoms with Gasteiger partial charge in [0.05, 0.1) is 0 Å². The van der Waals surface area contributed by atoms with Crippen LogP contribution in [0.3, 0.4) is 0 Å². The van der Waals surface area contributed by atoms with E-state index in [0.717, 1.165) is 34.1 Å². The highest BCUT2D eigenvalue weighted by molar-refractivity contribution is 7.26. The highest BCUT2D eigenvalue weighted by Crippen LogP contribution is 2.46. The van der Waals surface area contributed by atoms with E-state index in [0.29, 0.717) is 0 Å². The second kappa shape index (κ2) is 14.0. The second-order valence-electron chi connectivity index (χ2n) is 16.1. The first-order valence-electron chi connectivity index (χ1n) is 21.1. The molecule has 0 aliphatic heterocycles. The van der Waals surface area contributed by atoms with Crippen molar-refractivity contribution in [2.45, 2.75) is 0 Å². The van der Waals surface area contributed by atoms with Crippen molar-refractivity contribution in [2.24, 2.45) is 0 Å². The predicted octanol–water partition coefficient (Wildman–Crippen LogP) is 18.0. The van der Waals surface area contributed by atoms with Crippen LogP contribution in [0.25, 0.3) is 83.4 Å². The van der Waals surface area contributed by atoms with Gasteiger partial charge in [-0.25, -0.2) is 0 Å². The molecule has 11 aromatic carbocycles. The summed E-state index contributed by atoms with van der Waals surface area (Å²) < 4.78 is 5.25. The third-order valence-corrected chi connectivity index (χ3v) is 14.9. The van der Waals surface area contributed by atoms with Crippen LogP contribution in [0.1, 0.15) is 0 Å². The number of fused-ring (bicyclic) bond motifs is 14. The van der Waals surface area contributed by atoms with Gasteiger partial charge in [0, 0.05) is 74.5 Å². The number of anilines is 6. The van der Waals surface area contributed by atoms with Gasteiger partial charge < -0.3 is 9.80 Å². The molecular formula is C58H36N2S2. The number of nitrogens with zero attached hydrogens (tertiary/aromatic N) is 2. The van der Waals surface area contributed by atoms with E-state index in [1.54, 1.807) is 0 Å². The molecule has 0 aliphatic rings. The maximum atomic E-state index is 2.41. The van der Waals surface area contributed by atoms with E-state index in [4.69, 9.17) is 0 Å². The minimum atomic E-state index is 1.13. The lowest BCUT2D eigenvalue weighted by molar-refractivity contribution is 1.30. The summed E-state index contributed by atoms with van der Waals surface area (Å²) in [5, 5.41) is 15.2. The Bertz CT molecular complexity index is 3860. The molecule has 0 saturated heterocycles. The highest BCUT2D eigenvalue weighted by atomic mass is 32.1. The Balaban J connectivity index is 0.984. The number of benzene rings is 11. The Hall–Kier alpha value is -7.50. The first-order valence-corrected chi connectivity index (χ1v) is 22.7. The van der Waals surface area contributed by atoms with E-state index in [1.807, 2.05) is 22.7 Å². The molecule has 0 saturated carbocycles. The fourth-order valence-electron chi connectivity index (χ4n) is 9.79. The summed E-state index contributed by atoms with van der Waals surface area (Å²) in [6, 6.07) is 80.5. The van der Waals surface area contributed by atoms with Crippen molar-refractivity contribution in [3.63, 3.8) is 0 Å². The molecule has 2 aromatic heterocycles. The third kappa shape index (κ3) is 5.54. The topological polar surface area (TPSA) is 6.48 Å². The molecule has 62 heavy (non-hydrogen) atoms. The summed E-state index contributed by atoms with van der Waals surface area (Å²) >= 11 is 3.72. The molecule has 2 heterocycles. The molecule has 2 nitrogen and oxygen atoms in total. The van der Waals surface area contributed by atoms with Gasteiger partial charge in [0.1, 0.15) is 0 Å². The van der Waals surface area contributed by atoms with Crippen LogP contribution < -0.4 is 9.80 Å². The molecule has 0 unspecified atom stereocenters. The average Bonchev–Trinajstić information content (AvgIpc) is 3.90. The first-order chi connectivity index (χ1) is 30.7. The molecular weight excluding hydrogens is 789 g/mol. The standard InChI is InChI=1S/C58H36N2S2/c1-3-13-38(14-4-1)59(42-26-31-56-52(35-42)47-18-9-11-21-54(47)61-56)40-24-29-44-37(33-40)23-28-50-46-30-25-41(34-51(46)45-17-7-8-20-49(45)58(44)50)60(39-15-5-2-6-16-39)43-27-32-57-53(36-43)48-19-10-12-22-55(48)62-57/h1-36H. The zero-order valence-corrected chi connectivity index (χ0v) is 35.1. The van der Waals surface area contributed by atoms with Crippen molar-refractivity contribution < 1.29 is 0 Å². The van der Waals surface area contributed by atoms with Crippen LogP contribution in [0.15, 0.2) is 218 Å². The summed E-state index contributed by atoms with van der Waals surface area (Å²) in [6.07, 6.45) is 0. The lowest BCUT2D eigenvalue weighted by atomic mass is 9.90. The van der Waals surface area contributed by atoms with Crippen LogP contribution in [0.5, 0.6) is 0 Å². The van der Waals surface area contributed by atoms with Gasteiger partial charge >= 0.3 is 0 Å². The average molecular weight is 825 g/mol. The molecule has 0 N–H and O–H groups in total. The van der Waals surface area contributed by atoms with E-state index in [2.05, 4.69) is 228 Å². The Morgan fingerprint density at radius 2 is 0.613 bits per heavy atom. The van der Waals surface area contributed by atoms with Crippen LogP contribution >= 0.6 is 22.7 Å². The summed E-state index contributed by atoms with van der Waals surface area (Å²) in [4.78, 5) is 4.80. The monoisotopic (exact) mass is 824 g/mol. The van der Waals surface area contributed by atoms with Gasteiger partial charge in [-0.1, -0.05) is 121 Å². The molecule has 0 bridgehead atoms. The quantitative estimate of drug-likeness (QED) is 0.154. The van der Waals surface area contributed by atoms with Gasteiger partial charge in [-0.3, -0.25) is 0 Å². The first kappa shape index (κ1) is 35.3.